The Labute approximate surface area is 200 Å². The van der Waals surface area contributed by atoms with E-state index >= 15 is 0 Å². The van der Waals surface area contributed by atoms with Crippen LogP contribution in [-0.4, -0.2) is 35.9 Å². The first-order valence-electron chi connectivity index (χ1n) is 11.1. The maximum Gasteiger partial charge on any atom is 0.243 e. The van der Waals surface area contributed by atoms with Crippen molar-refractivity contribution in [2.75, 3.05) is 7.11 Å². The SMILES string of the molecule is CCC(C(=O)NC1CCCC1)N(Cc1ccc(OC)cc1)C(=O)Cc1ccc(Cl)c(Cl)c1. The lowest BCUT2D eigenvalue weighted by Crippen LogP contribution is -2.51. The predicted octanol–water partition coefficient (Wildman–Crippen LogP) is 5.41. The highest BCUT2D eigenvalue weighted by Crippen LogP contribution is 2.24. The Balaban J connectivity index is 1.82. The van der Waals surface area contributed by atoms with Gasteiger partial charge in [0, 0.05) is 12.6 Å². The molecule has 2 aromatic carbocycles. The van der Waals surface area contributed by atoms with Gasteiger partial charge in [0.25, 0.3) is 0 Å². The molecule has 2 aromatic rings. The lowest BCUT2D eigenvalue weighted by molar-refractivity contribution is -0.141. The predicted molar refractivity (Wildman–Crippen MR) is 128 cm³/mol. The molecule has 0 radical (unpaired) electrons. The first-order chi connectivity index (χ1) is 15.4. The van der Waals surface area contributed by atoms with E-state index in [1.807, 2.05) is 31.2 Å². The molecule has 1 N–H and O–H groups in total. The summed E-state index contributed by atoms with van der Waals surface area (Å²) in [7, 11) is 1.61. The summed E-state index contributed by atoms with van der Waals surface area (Å²) in [6.45, 7) is 2.27. The summed E-state index contributed by atoms with van der Waals surface area (Å²) >= 11 is 12.2. The number of halogens is 2. The van der Waals surface area contributed by atoms with Crippen LogP contribution >= 0.6 is 23.2 Å². The van der Waals surface area contributed by atoms with E-state index in [1.54, 1.807) is 30.2 Å². The Morgan fingerprint density at radius 3 is 2.31 bits per heavy atom. The molecule has 1 aliphatic carbocycles. The number of ether oxygens (including phenoxy) is 1. The summed E-state index contributed by atoms with van der Waals surface area (Å²) in [5.74, 6) is 0.525. The smallest absolute Gasteiger partial charge is 0.243 e. The number of carbonyl (C=O) groups excluding carboxylic acids is 2. The van der Waals surface area contributed by atoms with E-state index in [-0.39, 0.29) is 24.3 Å². The molecule has 2 amide bonds. The summed E-state index contributed by atoms with van der Waals surface area (Å²) in [6, 6.07) is 12.4. The zero-order valence-corrected chi connectivity index (χ0v) is 20.1. The molecule has 1 fully saturated rings. The van der Waals surface area contributed by atoms with Crippen LogP contribution in [0.15, 0.2) is 42.5 Å². The lowest BCUT2D eigenvalue weighted by Gasteiger charge is -2.31. The molecule has 0 saturated heterocycles. The van der Waals surface area contributed by atoms with Gasteiger partial charge in [0.05, 0.1) is 23.6 Å². The van der Waals surface area contributed by atoms with Crippen LogP contribution < -0.4 is 10.1 Å². The zero-order chi connectivity index (χ0) is 23.1. The second kappa shape index (κ2) is 11.6. The van der Waals surface area contributed by atoms with E-state index < -0.39 is 6.04 Å². The highest BCUT2D eigenvalue weighted by molar-refractivity contribution is 6.42. The van der Waals surface area contributed by atoms with Crippen molar-refractivity contribution in [1.29, 1.82) is 0 Å². The molecule has 172 valence electrons. The first-order valence-corrected chi connectivity index (χ1v) is 11.8. The molecule has 0 spiro atoms. The van der Waals surface area contributed by atoms with Crippen molar-refractivity contribution >= 4 is 35.0 Å². The Kier molecular flexibility index (Phi) is 8.83. The van der Waals surface area contributed by atoms with Crippen molar-refractivity contribution in [3.8, 4) is 5.75 Å². The highest BCUT2D eigenvalue weighted by atomic mass is 35.5. The highest BCUT2D eigenvalue weighted by Gasteiger charge is 2.30. The van der Waals surface area contributed by atoms with Gasteiger partial charge in [-0.25, -0.2) is 0 Å². The molecule has 3 rings (SSSR count). The fourth-order valence-electron chi connectivity index (χ4n) is 4.14. The summed E-state index contributed by atoms with van der Waals surface area (Å²) in [5, 5.41) is 4.01. The van der Waals surface area contributed by atoms with E-state index in [4.69, 9.17) is 27.9 Å². The van der Waals surface area contributed by atoms with E-state index in [0.717, 1.165) is 42.6 Å². The fourth-order valence-corrected chi connectivity index (χ4v) is 4.46. The summed E-state index contributed by atoms with van der Waals surface area (Å²) in [5.41, 5.74) is 1.69. The number of rotatable bonds is 9. The van der Waals surface area contributed by atoms with Crippen molar-refractivity contribution in [3.63, 3.8) is 0 Å². The number of benzene rings is 2. The van der Waals surface area contributed by atoms with Crippen LogP contribution in [0.4, 0.5) is 0 Å². The molecule has 7 heteroatoms. The van der Waals surface area contributed by atoms with E-state index in [1.165, 1.54) is 0 Å². The lowest BCUT2D eigenvalue weighted by atomic mass is 10.1. The number of carbonyl (C=O) groups is 2. The van der Waals surface area contributed by atoms with Crippen molar-refractivity contribution in [3.05, 3.63) is 63.6 Å². The second-order valence-electron chi connectivity index (χ2n) is 8.21. The van der Waals surface area contributed by atoms with Gasteiger partial charge in [-0.05, 0) is 54.7 Å². The number of hydrogen-bond donors (Lipinski definition) is 1. The van der Waals surface area contributed by atoms with E-state index in [0.29, 0.717) is 23.0 Å². The van der Waals surface area contributed by atoms with Crippen LogP contribution in [0.1, 0.15) is 50.2 Å². The third-order valence-corrected chi connectivity index (χ3v) is 6.68. The molecule has 1 saturated carbocycles. The monoisotopic (exact) mass is 476 g/mol. The van der Waals surface area contributed by atoms with Crippen LogP contribution in [0.3, 0.4) is 0 Å². The van der Waals surface area contributed by atoms with Gasteiger partial charge in [0.2, 0.25) is 11.8 Å². The maximum absolute atomic E-state index is 13.4. The van der Waals surface area contributed by atoms with Gasteiger partial charge < -0.3 is 15.0 Å². The molecular formula is C25H30Cl2N2O3. The van der Waals surface area contributed by atoms with Crippen LogP contribution in [0.25, 0.3) is 0 Å². The van der Waals surface area contributed by atoms with Crippen molar-refractivity contribution in [2.24, 2.45) is 0 Å². The van der Waals surface area contributed by atoms with Gasteiger partial charge in [0.1, 0.15) is 11.8 Å². The molecule has 0 bridgehead atoms. The van der Waals surface area contributed by atoms with Crippen LogP contribution in [0.2, 0.25) is 10.0 Å². The van der Waals surface area contributed by atoms with Crippen molar-refractivity contribution < 1.29 is 14.3 Å². The number of amides is 2. The minimum absolute atomic E-state index is 0.0876. The Morgan fingerprint density at radius 1 is 1.06 bits per heavy atom. The largest absolute Gasteiger partial charge is 0.497 e. The molecule has 0 heterocycles. The molecule has 0 aromatic heterocycles. The molecule has 1 aliphatic rings. The number of methoxy groups -OCH3 is 1. The zero-order valence-electron chi connectivity index (χ0n) is 18.6. The average molecular weight is 477 g/mol. The van der Waals surface area contributed by atoms with Gasteiger partial charge in [-0.1, -0.05) is 61.2 Å². The van der Waals surface area contributed by atoms with E-state index in [9.17, 15) is 9.59 Å². The standard InChI is InChI=1S/C25H30Cl2N2O3/c1-3-23(25(31)28-19-6-4-5-7-19)29(16-17-8-11-20(32-2)12-9-17)24(30)15-18-10-13-21(26)22(27)14-18/h8-14,19,23H,3-7,15-16H2,1-2H3,(H,28,31). The van der Waals surface area contributed by atoms with Crippen LogP contribution in [-0.2, 0) is 22.6 Å². The molecule has 1 atom stereocenters. The minimum Gasteiger partial charge on any atom is -0.497 e. The third-order valence-electron chi connectivity index (χ3n) is 5.94. The van der Waals surface area contributed by atoms with Crippen LogP contribution in [0.5, 0.6) is 5.75 Å². The quantitative estimate of drug-likeness (QED) is 0.526. The Bertz CT molecular complexity index is 927. The summed E-state index contributed by atoms with van der Waals surface area (Å²) < 4.78 is 5.23. The fraction of sp³-hybridized carbons (Fsp3) is 0.440. The molecule has 5 nitrogen and oxygen atoms in total. The number of nitrogens with one attached hydrogen (secondary N) is 1. The average Bonchev–Trinajstić information content (AvgIpc) is 3.29. The Hall–Kier alpha value is -2.24. The minimum atomic E-state index is -0.548. The molecule has 32 heavy (non-hydrogen) atoms. The van der Waals surface area contributed by atoms with Gasteiger partial charge in [-0.15, -0.1) is 0 Å². The summed E-state index contributed by atoms with van der Waals surface area (Å²) in [4.78, 5) is 28.3. The molecule has 1 unspecified atom stereocenters. The topological polar surface area (TPSA) is 58.6 Å². The third kappa shape index (κ3) is 6.39. The normalized spacial score (nSPS) is 14.8. The van der Waals surface area contributed by atoms with Crippen molar-refractivity contribution in [2.45, 2.75) is 64.1 Å². The summed E-state index contributed by atoms with van der Waals surface area (Å²) in [6.07, 6.45) is 4.93. The molecular weight excluding hydrogens is 447 g/mol. The van der Waals surface area contributed by atoms with Gasteiger partial charge in [0.15, 0.2) is 0 Å². The van der Waals surface area contributed by atoms with E-state index in [2.05, 4.69) is 5.32 Å². The Morgan fingerprint density at radius 2 is 1.72 bits per heavy atom. The second-order valence-corrected chi connectivity index (χ2v) is 9.02. The van der Waals surface area contributed by atoms with Gasteiger partial charge in [-0.2, -0.15) is 0 Å². The first kappa shape index (κ1) is 24.4. The van der Waals surface area contributed by atoms with Gasteiger partial charge >= 0.3 is 0 Å². The van der Waals surface area contributed by atoms with Crippen LogP contribution in [0, 0.1) is 0 Å². The maximum atomic E-state index is 13.4. The van der Waals surface area contributed by atoms with Crippen molar-refractivity contribution in [1.82, 2.24) is 10.2 Å². The number of hydrogen-bond acceptors (Lipinski definition) is 3. The number of nitrogens with zero attached hydrogens (tertiary/aromatic N) is 1. The van der Waals surface area contributed by atoms with Gasteiger partial charge in [-0.3, -0.25) is 9.59 Å². The molecule has 0 aliphatic heterocycles.